The lowest BCUT2D eigenvalue weighted by Crippen LogP contribution is -2.87. The van der Waals surface area contributed by atoms with Crippen LogP contribution in [-0.2, 0) is 6.42 Å². The van der Waals surface area contributed by atoms with Gasteiger partial charge in [0.05, 0.1) is 20.8 Å². The molecule has 0 unspecified atom stereocenters. The molecule has 5 nitrogen and oxygen atoms in total. The third-order valence-electron chi connectivity index (χ3n) is 4.35. The minimum atomic E-state index is -0.501. The van der Waals surface area contributed by atoms with Gasteiger partial charge in [0, 0.05) is 6.42 Å². The molecule has 0 heterocycles. The van der Waals surface area contributed by atoms with Crippen molar-refractivity contribution in [3.8, 4) is 17.2 Å². The quantitative estimate of drug-likeness (QED) is 0.635. The van der Waals surface area contributed by atoms with Crippen LogP contribution in [0.4, 0.5) is 0 Å². The zero-order valence-electron chi connectivity index (χ0n) is 16.1. The molecule has 142 valence electrons. The zero-order chi connectivity index (χ0) is 18.9. The number of quaternary nitrogens is 1. The van der Waals surface area contributed by atoms with Gasteiger partial charge in [0.2, 0.25) is 0 Å². The molecule has 3 N–H and O–H groups in total. The van der Waals surface area contributed by atoms with E-state index < -0.39 is 6.10 Å². The molecule has 0 spiro atoms. The van der Waals surface area contributed by atoms with Crippen LogP contribution in [0.15, 0.2) is 36.4 Å². The van der Waals surface area contributed by atoms with Crippen LogP contribution < -0.4 is 19.5 Å². The summed E-state index contributed by atoms with van der Waals surface area (Å²) >= 11 is 0. The van der Waals surface area contributed by atoms with E-state index in [1.807, 2.05) is 50.2 Å². The van der Waals surface area contributed by atoms with Gasteiger partial charge in [-0.3, -0.25) is 0 Å². The highest BCUT2D eigenvalue weighted by Gasteiger charge is 2.10. The number of ether oxygens (including phenoxy) is 3. The maximum Gasteiger partial charge on any atom is 0.160 e. The molecular weight excluding hydrogens is 330 g/mol. The highest BCUT2D eigenvalue weighted by Crippen LogP contribution is 2.27. The number of aliphatic hydroxyl groups is 1. The van der Waals surface area contributed by atoms with Crippen LogP contribution in [0.2, 0.25) is 0 Å². The summed E-state index contributed by atoms with van der Waals surface area (Å²) < 4.78 is 16.4. The third-order valence-corrected chi connectivity index (χ3v) is 4.35. The van der Waals surface area contributed by atoms with Gasteiger partial charge in [-0.1, -0.05) is 24.3 Å². The Hall–Kier alpha value is -2.24. The molecule has 0 radical (unpaired) electrons. The number of nitrogens with two attached hydrogens (primary N) is 1. The van der Waals surface area contributed by atoms with Crippen LogP contribution in [0, 0.1) is 13.8 Å². The number of para-hydroxylation sites is 1. The van der Waals surface area contributed by atoms with Crippen molar-refractivity contribution in [3.63, 3.8) is 0 Å². The SMILES string of the molecule is COc1ccc(CC[NH2+]C[C@H](O)COc2c(C)cccc2C)cc1OC. The van der Waals surface area contributed by atoms with E-state index >= 15 is 0 Å². The molecule has 0 fully saturated rings. The number of methoxy groups -OCH3 is 2. The fourth-order valence-electron chi connectivity index (χ4n) is 2.89. The van der Waals surface area contributed by atoms with Crippen LogP contribution in [0.5, 0.6) is 17.2 Å². The molecule has 2 rings (SSSR count). The Labute approximate surface area is 155 Å². The summed E-state index contributed by atoms with van der Waals surface area (Å²) in [6.45, 7) is 5.83. The van der Waals surface area contributed by atoms with E-state index in [2.05, 4.69) is 5.32 Å². The minimum Gasteiger partial charge on any atom is -0.493 e. The molecular formula is C21H30NO4+. The number of hydrogen-bond acceptors (Lipinski definition) is 4. The van der Waals surface area contributed by atoms with Crippen molar-refractivity contribution >= 4 is 0 Å². The lowest BCUT2D eigenvalue weighted by Gasteiger charge is -2.15. The number of aryl methyl sites for hydroxylation is 2. The van der Waals surface area contributed by atoms with E-state index in [1.165, 1.54) is 5.56 Å². The van der Waals surface area contributed by atoms with Crippen molar-refractivity contribution in [1.82, 2.24) is 0 Å². The first-order valence-corrected chi connectivity index (χ1v) is 8.94. The molecule has 0 amide bonds. The van der Waals surface area contributed by atoms with E-state index in [9.17, 15) is 5.11 Å². The molecule has 0 saturated carbocycles. The second kappa shape index (κ2) is 10.0. The predicted octanol–water partition coefficient (Wildman–Crippen LogP) is 1.87. The average Bonchev–Trinajstić information content (AvgIpc) is 2.64. The van der Waals surface area contributed by atoms with Crippen molar-refractivity contribution < 1.29 is 24.6 Å². The molecule has 2 aromatic rings. The fraction of sp³-hybridized carbons (Fsp3) is 0.429. The van der Waals surface area contributed by atoms with Crippen molar-refractivity contribution in [3.05, 3.63) is 53.1 Å². The van der Waals surface area contributed by atoms with Crippen LogP contribution in [-0.4, -0.2) is 45.1 Å². The Bertz CT molecular complexity index is 682. The molecule has 0 aromatic heterocycles. The summed E-state index contributed by atoms with van der Waals surface area (Å²) in [6.07, 6.45) is 0.393. The van der Waals surface area contributed by atoms with Crippen molar-refractivity contribution in [2.24, 2.45) is 0 Å². The van der Waals surface area contributed by atoms with Gasteiger partial charge in [-0.05, 0) is 42.7 Å². The summed E-state index contributed by atoms with van der Waals surface area (Å²) in [5.41, 5.74) is 3.37. The first-order chi connectivity index (χ1) is 12.5. The molecule has 0 aliphatic rings. The standard InChI is InChI=1S/C21H29NO4/c1-15-6-5-7-16(2)21(15)26-14-18(23)13-22-11-10-17-8-9-19(24-3)20(12-17)25-4/h5-9,12,18,22-23H,10-11,13-14H2,1-4H3/p+1/t18-/m0/s1. The topological polar surface area (TPSA) is 64.5 Å². The minimum absolute atomic E-state index is 0.304. The van der Waals surface area contributed by atoms with E-state index in [-0.39, 0.29) is 0 Å². The molecule has 0 aliphatic heterocycles. The van der Waals surface area contributed by atoms with Crippen molar-refractivity contribution in [2.45, 2.75) is 26.4 Å². The van der Waals surface area contributed by atoms with E-state index in [0.717, 1.165) is 41.3 Å². The van der Waals surface area contributed by atoms with Gasteiger partial charge in [-0.25, -0.2) is 0 Å². The number of hydrogen-bond donors (Lipinski definition) is 2. The van der Waals surface area contributed by atoms with Crippen LogP contribution in [0.3, 0.4) is 0 Å². The Morgan fingerprint density at radius 2 is 1.69 bits per heavy atom. The Morgan fingerprint density at radius 3 is 2.35 bits per heavy atom. The third kappa shape index (κ3) is 5.64. The molecule has 0 bridgehead atoms. The summed E-state index contributed by atoms with van der Waals surface area (Å²) in [7, 11) is 3.27. The van der Waals surface area contributed by atoms with E-state index in [0.29, 0.717) is 13.2 Å². The molecule has 0 saturated heterocycles. The Balaban J connectivity index is 1.72. The van der Waals surface area contributed by atoms with Gasteiger partial charge in [0.15, 0.2) is 11.5 Å². The molecule has 5 heteroatoms. The molecule has 1 atom stereocenters. The number of benzene rings is 2. The molecule has 0 aliphatic carbocycles. The van der Waals surface area contributed by atoms with E-state index in [1.54, 1.807) is 14.2 Å². The van der Waals surface area contributed by atoms with Crippen molar-refractivity contribution in [1.29, 1.82) is 0 Å². The Morgan fingerprint density at radius 1 is 1.00 bits per heavy atom. The van der Waals surface area contributed by atoms with Gasteiger partial charge < -0.3 is 24.6 Å². The maximum atomic E-state index is 10.1. The Kier molecular flexibility index (Phi) is 7.75. The largest absolute Gasteiger partial charge is 0.493 e. The van der Waals surface area contributed by atoms with Crippen LogP contribution >= 0.6 is 0 Å². The van der Waals surface area contributed by atoms with E-state index in [4.69, 9.17) is 14.2 Å². The first-order valence-electron chi connectivity index (χ1n) is 8.94. The van der Waals surface area contributed by atoms with Gasteiger partial charge >= 0.3 is 0 Å². The lowest BCUT2D eigenvalue weighted by molar-refractivity contribution is -0.660. The predicted molar refractivity (Wildman–Crippen MR) is 102 cm³/mol. The molecule has 26 heavy (non-hydrogen) atoms. The average molecular weight is 360 g/mol. The lowest BCUT2D eigenvalue weighted by atomic mass is 10.1. The summed E-state index contributed by atoms with van der Waals surface area (Å²) in [6, 6.07) is 12.0. The molecule has 2 aromatic carbocycles. The van der Waals surface area contributed by atoms with Gasteiger partial charge in [0.25, 0.3) is 0 Å². The van der Waals surface area contributed by atoms with Gasteiger partial charge in [0.1, 0.15) is 25.0 Å². The normalized spacial score (nSPS) is 11.9. The van der Waals surface area contributed by atoms with Crippen molar-refractivity contribution in [2.75, 3.05) is 33.9 Å². The maximum absolute atomic E-state index is 10.1. The summed E-state index contributed by atoms with van der Waals surface area (Å²) in [5, 5.41) is 12.3. The fourth-order valence-corrected chi connectivity index (χ4v) is 2.89. The zero-order valence-corrected chi connectivity index (χ0v) is 16.1. The van der Waals surface area contributed by atoms with Crippen LogP contribution in [0.25, 0.3) is 0 Å². The monoisotopic (exact) mass is 360 g/mol. The first kappa shape index (κ1) is 20.1. The number of rotatable bonds is 10. The second-order valence-electron chi connectivity index (χ2n) is 6.44. The number of aliphatic hydroxyl groups excluding tert-OH is 1. The van der Waals surface area contributed by atoms with Crippen LogP contribution in [0.1, 0.15) is 16.7 Å². The summed E-state index contributed by atoms with van der Waals surface area (Å²) in [4.78, 5) is 0. The highest BCUT2D eigenvalue weighted by molar-refractivity contribution is 5.43. The summed E-state index contributed by atoms with van der Waals surface area (Å²) in [5.74, 6) is 2.35. The van der Waals surface area contributed by atoms with Gasteiger partial charge in [-0.2, -0.15) is 0 Å². The second-order valence-corrected chi connectivity index (χ2v) is 6.44. The highest BCUT2D eigenvalue weighted by atomic mass is 16.5. The smallest absolute Gasteiger partial charge is 0.160 e. The van der Waals surface area contributed by atoms with Gasteiger partial charge in [-0.15, -0.1) is 0 Å².